The SMILES string of the molecule is COc1ccc(C2(c3ccc(OC)cc3)C=Cc3c4c(c5cc(-c6ccc(C)cc6)c(Oc6ccccc6)cc5c3O2)-c2ccc(C)cc2C42CC(C)(C)CC(C)(C)C2)cc1. The van der Waals surface area contributed by atoms with Gasteiger partial charge in [-0.3, -0.25) is 0 Å². The zero-order valence-electron chi connectivity index (χ0n) is 36.6. The molecule has 1 spiro atoms. The van der Waals surface area contributed by atoms with Gasteiger partial charge < -0.3 is 18.9 Å². The molecular weight excluding hydrogens is 749 g/mol. The molecule has 306 valence electrons. The third-order valence-corrected chi connectivity index (χ3v) is 13.5. The van der Waals surface area contributed by atoms with E-state index in [1.54, 1.807) is 14.2 Å². The minimum Gasteiger partial charge on any atom is -0.497 e. The topological polar surface area (TPSA) is 36.9 Å². The van der Waals surface area contributed by atoms with Gasteiger partial charge in [-0.05, 0) is 132 Å². The van der Waals surface area contributed by atoms with Crippen LogP contribution in [0.4, 0.5) is 0 Å². The molecule has 4 heteroatoms. The van der Waals surface area contributed by atoms with E-state index in [1.165, 1.54) is 38.8 Å². The van der Waals surface area contributed by atoms with Crippen molar-refractivity contribution in [1.82, 2.24) is 0 Å². The molecule has 1 heterocycles. The van der Waals surface area contributed by atoms with Crippen molar-refractivity contribution in [3.05, 3.63) is 178 Å². The Kier molecular flexibility index (Phi) is 9.03. The maximum absolute atomic E-state index is 7.88. The Morgan fingerprint density at radius 2 is 1.16 bits per heavy atom. The Bertz CT molecular complexity index is 2780. The predicted molar refractivity (Wildman–Crippen MR) is 249 cm³/mol. The summed E-state index contributed by atoms with van der Waals surface area (Å²) in [5.41, 5.74) is 12.2. The van der Waals surface area contributed by atoms with Crippen molar-refractivity contribution in [2.24, 2.45) is 10.8 Å². The van der Waals surface area contributed by atoms with Crippen LogP contribution in [0.5, 0.6) is 28.7 Å². The largest absolute Gasteiger partial charge is 0.497 e. The van der Waals surface area contributed by atoms with E-state index in [0.29, 0.717) is 0 Å². The molecule has 0 atom stereocenters. The minimum atomic E-state index is -0.969. The number of para-hydroxylation sites is 1. The van der Waals surface area contributed by atoms with Crippen LogP contribution in [0.1, 0.15) is 85.9 Å². The van der Waals surface area contributed by atoms with Crippen molar-refractivity contribution in [3.8, 4) is 51.0 Å². The Balaban J connectivity index is 1.34. The molecule has 4 nitrogen and oxygen atoms in total. The minimum absolute atomic E-state index is 0.0990. The van der Waals surface area contributed by atoms with Gasteiger partial charge in [0.1, 0.15) is 28.7 Å². The number of methoxy groups -OCH3 is 2. The number of ether oxygens (including phenoxy) is 4. The second kappa shape index (κ2) is 14.2. The smallest absolute Gasteiger partial charge is 0.178 e. The van der Waals surface area contributed by atoms with Gasteiger partial charge in [0.25, 0.3) is 0 Å². The van der Waals surface area contributed by atoms with E-state index in [4.69, 9.17) is 18.9 Å². The molecule has 0 N–H and O–H groups in total. The van der Waals surface area contributed by atoms with Crippen LogP contribution in [0.15, 0.2) is 140 Å². The summed E-state index contributed by atoms with van der Waals surface area (Å²) in [7, 11) is 3.41. The van der Waals surface area contributed by atoms with E-state index in [9.17, 15) is 0 Å². The maximum Gasteiger partial charge on any atom is 0.178 e. The molecule has 2 aliphatic carbocycles. The fraction of sp³-hybridized carbons (Fsp3) is 0.263. The summed E-state index contributed by atoms with van der Waals surface area (Å²) in [6.45, 7) is 14.3. The first-order valence-electron chi connectivity index (χ1n) is 21.6. The van der Waals surface area contributed by atoms with E-state index in [-0.39, 0.29) is 16.2 Å². The van der Waals surface area contributed by atoms with Gasteiger partial charge in [0.15, 0.2) is 5.60 Å². The first-order chi connectivity index (χ1) is 29.3. The Labute approximate surface area is 360 Å². The first-order valence-corrected chi connectivity index (χ1v) is 21.6. The van der Waals surface area contributed by atoms with Crippen LogP contribution in [-0.4, -0.2) is 14.2 Å². The number of fused-ring (bicyclic) bond motifs is 10. The van der Waals surface area contributed by atoms with Gasteiger partial charge in [-0.1, -0.05) is 130 Å². The summed E-state index contributed by atoms with van der Waals surface area (Å²) in [5.74, 6) is 4.01. The van der Waals surface area contributed by atoms with Crippen LogP contribution in [-0.2, 0) is 11.0 Å². The molecule has 0 unspecified atom stereocenters. The Hall–Kier alpha value is -6.26. The van der Waals surface area contributed by atoms with Crippen LogP contribution in [0.2, 0.25) is 0 Å². The van der Waals surface area contributed by atoms with Gasteiger partial charge >= 0.3 is 0 Å². The quantitative estimate of drug-likeness (QED) is 0.161. The van der Waals surface area contributed by atoms with Crippen LogP contribution in [0.3, 0.4) is 0 Å². The Morgan fingerprint density at radius 3 is 1.77 bits per heavy atom. The molecule has 1 aliphatic heterocycles. The molecular formula is C57H54O4. The average Bonchev–Trinajstić information content (AvgIpc) is 3.50. The second-order valence-corrected chi connectivity index (χ2v) is 19.3. The molecule has 0 saturated heterocycles. The molecule has 0 bridgehead atoms. The van der Waals surface area contributed by atoms with Crippen molar-refractivity contribution in [3.63, 3.8) is 0 Å². The highest BCUT2D eigenvalue weighted by Gasteiger charge is 2.55. The molecule has 3 aliphatic rings. The molecule has 1 fully saturated rings. The number of benzene rings is 7. The zero-order chi connectivity index (χ0) is 42.3. The first kappa shape index (κ1) is 38.9. The molecule has 61 heavy (non-hydrogen) atoms. The van der Waals surface area contributed by atoms with E-state index in [2.05, 4.69) is 133 Å². The lowest BCUT2D eigenvalue weighted by Gasteiger charge is -2.52. The van der Waals surface area contributed by atoms with E-state index in [1.807, 2.05) is 54.6 Å². The van der Waals surface area contributed by atoms with E-state index >= 15 is 0 Å². The second-order valence-electron chi connectivity index (χ2n) is 19.3. The lowest BCUT2D eigenvalue weighted by Crippen LogP contribution is -2.44. The molecule has 0 aromatic heterocycles. The summed E-state index contributed by atoms with van der Waals surface area (Å²) >= 11 is 0. The highest BCUT2D eigenvalue weighted by atomic mass is 16.5. The number of aryl methyl sites for hydroxylation is 2. The van der Waals surface area contributed by atoms with Crippen molar-refractivity contribution in [2.45, 2.75) is 71.8 Å². The lowest BCUT2D eigenvalue weighted by atomic mass is 9.52. The van der Waals surface area contributed by atoms with Crippen LogP contribution >= 0.6 is 0 Å². The lowest BCUT2D eigenvalue weighted by molar-refractivity contribution is 0.0641. The number of hydrogen-bond donors (Lipinski definition) is 0. The molecule has 1 saturated carbocycles. The Morgan fingerprint density at radius 1 is 0.557 bits per heavy atom. The molecule has 0 radical (unpaired) electrons. The third kappa shape index (κ3) is 6.42. The molecule has 7 aromatic rings. The van der Waals surface area contributed by atoms with Crippen LogP contribution in [0, 0.1) is 24.7 Å². The summed E-state index contributed by atoms with van der Waals surface area (Å²) in [5, 5.41) is 2.19. The number of hydrogen-bond acceptors (Lipinski definition) is 4. The van der Waals surface area contributed by atoms with Gasteiger partial charge in [0.05, 0.1) is 14.2 Å². The summed E-state index contributed by atoms with van der Waals surface area (Å²) in [4.78, 5) is 0. The fourth-order valence-corrected chi connectivity index (χ4v) is 11.6. The standard InChI is InChI=1S/C57H54O4/c1-36-14-17-38(18-15-36)46-31-47-48(32-50(46)60-43-12-10-9-11-13-43)53-45(28-29-57(61-53,39-19-23-41(58-7)24-20-39)40-21-25-42(59-8)26-22-40)52-51(47)44-27-16-37(2)30-49(44)56(52)34-54(3,4)33-55(5,6)35-56/h9-32H,33-35H2,1-8H3. The normalized spacial score (nSPS) is 17.2. The van der Waals surface area contributed by atoms with Gasteiger partial charge in [-0.2, -0.15) is 0 Å². The fourth-order valence-electron chi connectivity index (χ4n) is 11.6. The van der Waals surface area contributed by atoms with Crippen molar-refractivity contribution in [1.29, 1.82) is 0 Å². The molecule has 7 aromatic carbocycles. The average molecular weight is 803 g/mol. The van der Waals surface area contributed by atoms with Crippen LogP contribution < -0.4 is 18.9 Å². The van der Waals surface area contributed by atoms with Crippen molar-refractivity contribution >= 4 is 16.8 Å². The summed E-state index contributed by atoms with van der Waals surface area (Å²) in [6.07, 6.45) is 7.91. The van der Waals surface area contributed by atoms with Crippen molar-refractivity contribution < 1.29 is 18.9 Å². The van der Waals surface area contributed by atoms with E-state index in [0.717, 1.165) is 81.2 Å². The van der Waals surface area contributed by atoms with Gasteiger partial charge in [0.2, 0.25) is 0 Å². The van der Waals surface area contributed by atoms with Gasteiger partial charge in [-0.25, -0.2) is 0 Å². The van der Waals surface area contributed by atoms with Gasteiger partial charge in [-0.15, -0.1) is 0 Å². The third-order valence-electron chi connectivity index (χ3n) is 13.5. The van der Waals surface area contributed by atoms with E-state index < -0.39 is 5.60 Å². The zero-order valence-corrected chi connectivity index (χ0v) is 36.6. The summed E-state index contributed by atoms with van der Waals surface area (Å²) in [6, 6.07) is 47.3. The molecule has 10 rings (SSSR count). The monoisotopic (exact) mass is 802 g/mol. The van der Waals surface area contributed by atoms with Crippen molar-refractivity contribution in [2.75, 3.05) is 14.2 Å². The van der Waals surface area contributed by atoms with Gasteiger partial charge in [0, 0.05) is 33.1 Å². The summed E-state index contributed by atoms with van der Waals surface area (Å²) < 4.78 is 26.1. The molecule has 0 amide bonds. The highest BCUT2D eigenvalue weighted by molar-refractivity contribution is 6.11. The number of rotatable bonds is 7. The van der Waals surface area contributed by atoms with Crippen LogP contribution in [0.25, 0.3) is 39.1 Å². The highest BCUT2D eigenvalue weighted by Crippen LogP contribution is 2.67. The predicted octanol–water partition coefficient (Wildman–Crippen LogP) is 14.8. The maximum atomic E-state index is 7.88.